The van der Waals surface area contributed by atoms with Gasteiger partial charge in [-0.1, -0.05) is 175 Å². The van der Waals surface area contributed by atoms with Gasteiger partial charge in [-0.25, -0.2) is 15.0 Å². The Morgan fingerprint density at radius 2 is 0.662 bits per heavy atom. The molecule has 0 amide bonds. The molecule has 8 bridgehead atoms. The van der Waals surface area contributed by atoms with E-state index in [0.29, 0.717) is 78.1 Å². The summed E-state index contributed by atoms with van der Waals surface area (Å²) >= 11 is 0.750. The number of nitrogens with one attached hydrogen (secondary N) is 1. The third-order valence-corrected chi connectivity index (χ3v) is 11.1. The first-order valence-corrected chi connectivity index (χ1v) is 25.1. The third kappa shape index (κ3) is 15.6. The smallest absolute Gasteiger partial charge is 0.0927 e. The van der Waals surface area contributed by atoms with Crippen molar-refractivity contribution >= 4 is 55.8 Å². The average Bonchev–Trinajstić information content (AvgIpc) is 4.22. The zero-order valence-electron chi connectivity index (χ0n) is 42.3. The largest absolute Gasteiger partial charge is 0.357 e. The van der Waals surface area contributed by atoms with Gasteiger partial charge >= 0.3 is 23.7 Å². The molecule has 3 aliphatic rings. The van der Waals surface area contributed by atoms with Crippen molar-refractivity contribution in [2.75, 3.05) is 26.4 Å². The molecule has 0 radical (unpaired) electrons. The van der Waals surface area contributed by atoms with E-state index in [4.69, 9.17) is 74.8 Å². The Kier molecular flexibility index (Phi) is 26.1. The van der Waals surface area contributed by atoms with E-state index in [1.54, 1.807) is 0 Å². The summed E-state index contributed by atoms with van der Waals surface area (Å²) in [7, 11) is 0. The number of fused-ring (bicyclic) bond motifs is 21. The summed E-state index contributed by atoms with van der Waals surface area (Å²) in [5, 5.41) is 43.2. The summed E-state index contributed by atoms with van der Waals surface area (Å²) in [5.41, 5.74) is 13.0. The number of benzene rings is 5. The van der Waals surface area contributed by atoms with E-state index in [2.05, 4.69) is 32.7 Å². The van der Waals surface area contributed by atoms with Crippen LogP contribution in [0, 0.1) is 5.41 Å². The Labute approximate surface area is 458 Å². The fraction of sp³-hybridized carbons (Fsp3) is 0.286. The molecule has 3 aromatic heterocycles. The van der Waals surface area contributed by atoms with Crippen LogP contribution in [0.3, 0.4) is 0 Å². The minimum atomic E-state index is 0. The Morgan fingerprint density at radius 1 is 0.419 bits per heavy atom. The van der Waals surface area contributed by atoms with Gasteiger partial charge < -0.3 is 56.1 Å². The van der Waals surface area contributed by atoms with Crippen LogP contribution in [-0.4, -0.2) is 88.4 Å². The van der Waals surface area contributed by atoms with Crippen molar-refractivity contribution in [2.45, 2.75) is 79.1 Å². The van der Waals surface area contributed by atoms with E-state index in [0.717, 1.165) is 127 Å². The van der Waals surface area contributed by atoms with Crippen molar-refractivity contribution in [3.8, 4) is 45.6 Å². The zero-order valence-corrected chi connectivity index (χ0v) is 45.5. The zero-order chi connectivity index (χ0) is 52.5. The van der Waals surface area contributed by atoms with E-state index >= 15 is 0 Å². The van der Waals surface area contributed by atoms with Crippen LogP contribution in [0.5, 0.6) is 0 Å². The van der Waals surface area contributed by atoms with Crippen molar-refractivity contribution in [3.63, 3.8) is 0 Å². The van der Waals surface area contributed by atoms with Crippen LogP contribution in [0.25, 0.3) is 89.7 Å². The molecule has 5 aromatic carbocycles. The number of unbranched alkanes of at least 4 members (excludes halogenated alkanes) is 4. The maximum Gasteiger partial charge on any atom is 0.0927 e. The van der Waals surface area contributed by atoms with Gasteiger partial charge in [0.2, 0.25) is 0 Å². The van der Waals surface area contributed by atoms with E-state index in [1.807, 2.05) is 121 Å². The van der Waals surface area contributed by atoms with Gasteiger partial charge in [-0.05, 0) is 47.2 Å². The number of aliphatic hydroxyl groups excluding tert-OH is 4. The van der Waals surface area contributed by atoms with Gasteiger partial charge in [0.25, 0.3) is 0 Å². The van der Waals surface area contributed by atoms with Crippen molar-refractivity contribution in [2.24, 2.45) is 10.7 Å². The van der Waals surface area contributed by atoms with E-state index in [9.17, 15) is 0 Å². The monoisotopic (exact) mass is 1070 g/mol. The SMILES string of the molecule is CCCCO.CCCCO.CCCCO.CCCCO.N=C1N=C(N)c2ccccc21.[O]=[Ti+2].[Ti].c1ccc2c(c1)-c1nc-2nc2[n-]c(nc3nc(nc4[n-]c(n1)c1ccccc41)-c1ccccc1-3)c1ccccc21. The molecule has 16 nitrogen and oxygen atoms in total. The molecule has 18 heteroatoms. The molecule has 6 heterocycles. The van der Waals surface area contributed by atoms with Crippen molar-refractivity contribution < 1.29 is 65.9 Å². The molecule has 380 valence electrons. The van der Waals surface area contributed by atoms with Crippen molar-refractivity contribution in [3.05, 3.63) is 132 Å². The standard InChI is InChI=1S/C32H16N8.C8H7N3.4C4H10O.O.2Ti/c1-2-10-18-17(9-1)25-33-26(18)38-28-21-13-5-6-14-22(21)30(35-28)40-32-24-16-8-7-15-23(24)31(36-32)39-29-20-12-4-3-11-19(20)27(34-29)37-25;9-7-5-3-1-2-4-6(5)8(10)11-7;4*1-2-3-4-5;;;/h1-16H;1-4H,(H3,9,10,11);4*5H,2-4H2,1H3;;;/q-2;;;;;;;;+2. The summed E-state index contributed by atoms with van der Waals surface area (Å²) in [4.78, 5) is 43.1. The topological polar surface area (TPSA) is 266 Å². The van der Waals surface area contributed by atoms with E-state index < -0.39 is 0 Å². The van der Waals surface area contributed by atoms with Gasteiger partial charge in [-0.3, -0.25) is 5.41 Å². The summed E-state index contributed by atoms with van der Waals surface area (Å²) in [5.74, 6) is 2.92. The van der Waals surface area contributed by atoms with Crippen LogP contribution in [0.4, 0.5) is 0 Å². The van der Waals surface area contributed by atoms with Crippen LogP contribution in [0.1, 0.15) is 90.2 Å². The number of rotatable bonds is 8. The number of nitrogens with zero attached hydrogens (tertiary/aromatic N) is 9. The molecule has 7 N–H and O–H groups in total. The van der Waals surface area contributed by atoms with Crippen LogP contribution in [0.2, 0.25) is 0 Å². The van der Waals surface area contributed by atoms with Gasteiger partial charge in [0, 0.05) is 104 Å². The number of aliphatic imine (C=N–C) groups is 1. The molecule has 0 fully saturated rings. The van der Waals surface area contributed by atoms with Gasteiger partial charge in [0.1, 0.15) is 5.84 Å². The Balaban J connectivity index is 0.000000285. The minimum absolute atomic E-state index is 0. The predicted molar refractivity (Wildman–Crippen MR) is 287 cm³/mol. The molecule has 0 saturated heterocycles. The van der Waals surface area contributed by atoms with Gasteiger partial charge in [-0.2, -0.15) is 0 Å². The average molecular weight is 1070 g/mol. The second-order valence-corrected chi connectivity index (χ2v) is 16.4. The Bertz CT molecular complexity index is 2900. The number of hydrogen-bond acceptors (Lipinski definition) is 13. The van der Waals surface area contributed by atoms with Crippen molar-refractivity contribution in [1.29, 1.82) is 5.41 Å². The number of nitrogens with two attached hydrogens (primary N) is 1. The molecule has 0 spiro atoms. The van der Waals surface area contributed by atoms with Gasteiger partial charge in [0.05, 0.1) is 23.3 Å². The second-order valence-electron chi connectivity index (χ2n) is 16.4. The Morgan fingerprint density at radius 3 is 0.892 bits per heavy atom. The first-order chi connectivity index (χ1) is 35.7. The second kappa shape index (κ2) is 32.1. The molecular formula is C56H63N11O5Ti2. The minimum Gasteiger partial charge on any atom is -0.357 e. The van der Waals surface area contributed by atoms with Crippen LogP contribution in [-0.2, 0) is 45.4 Å². The maximum absolute atomic E-state index is 8.25. The summed E-state index contributed by atoms with van der Waals surface area (Å²) in [6, 6.07) is 39.3. The van der Waals surface area contributed by atoms with Crippen LogP contribution in [0.15, 0.2) is 126 Å². The van der Waals surface area contributed by atoms with Crippen LogP contribution >= 0.6 is 0 Å². The quantitative estimate of drug-likeness (QED) is 0.0774. The first-order valence-electron chi connectivity index (χ1n) is 24.5. The Hall–Kier alpha value is -6.33. The van der Waals surface area contributed by atoms with Crippen molar-refractivity contribution in [1.82, 2.24) is 39.9 Å². The summed E-state index contributed by atoms with van der Waals surface area (Å²) in [6.45, 7) is 9.58. The van der Waals surface area contributed by atoms with Crippen LogP contribution < -0.4 is 15.7 Å². The first kappa shape index (κ1) is 60.2. The fourth-order valence-electron chi connectivity index (χ4n) is 7.24. The molecule has 0 atom stereocenters. The number of aromatic nitrogens is 8. The molecular weight excluding hydrogens is 1000 g/mol. The number of aliphatic hydroxyl groups is 4. The van der Waals surface area contributed by atoms with E-state index in [-0.39, 0.29) is 27.6 Å². The summed E-state index contributed by atoms with van der Waals surface area (Å²) < 4.78 is 8.25. The van der Waals surface area contributed by atoms with Gasteiger partial charge in [0.15, 0.2) is 5.84 Å². The molecule has 0 unspecified atom stereocenters. The normalized spacial score (nSPS) is 11.0. The molecule has 3 aliphatic heterocycles. The van der Waals surface area contributed by atoms with E-state index in [1.165, 1.54) is 0 Å². The molecule has 0 saturated carbocycles. The molecule has 0 aliphatic carbocycles. The maximum atomic E-state index is 8.25. The third-order valence-electron chi connectivity index (χ3n) is 11.1. The van der Waals surface area contributed by atoms with Gasteiger partial charge in [-0.15, -0.1) is 0 Å². The fourth-order valence-corrected chi connectivity index (χ4v) is 7.24. The number of hydrogen-bond donors (Lipinski definition) is 6. The molecule has 8 aromatic rings. The number of amidine groups is 2. The predicted octanol–water partition coefficient (Wildman–Crippen LogP) is 9.85. The molecule has 11 rings (SSSR count). The molecule has 74 heavy (non-hydrogen) atoms. The summed E-state index contributed by atoms with van der Waals surface area (Å²) in [6.07, 6.45) is 8.15.